The predicted molar refractivity (Wildman–Crippen MR) is 91.1 cm³/mol. The lowest BCUT2D eigenvalue weighted by atomic mass is 10.3. The fourth-order valence-corrected chi connectivity index (χ4v) is 2.53. The molecule has 0 aliphatic carbocycles. The van der Waals surface area contributed by atoms with Gasteiger partial charge in [-0.1, -0.05) is 0 Å². The van der Waals surface area contributed by atoms with Crippen molar-refractivity contribution in [2.45, 2.75) is 26.5 Å². The summed E-state index contributed by atoms with van der Waals surface area (Å²) in [5.74, 6) is 1.81. The molecule has 0 aliphatic heterocycles. The van der Waals surface area contributed by atoms with Crippen molar-refractivity contribution in [3.63, 3.8) is 0 Å². The first-order valence-corrected chi connectivity index (χ1v) is 8.02. The molecule has 0 saturated heterocycles. The Morgan fingerprint density at radius 2 is 1.88 bits per heavy atom. The quantitative estimate of drug-likeness (QED) is 0.689. The van der Waals surface area contributed by atoms with Crippen molar-refractivity contribution in [2.24, 2.45) is 0 Å². The van der Waals surface area contributed by atoms with Gasteiger partial charge in [-0.2, -0.15) is 14.6 Å². The van der Waals surface area contributed by atoms with E-state index in [2.05, 4.69) is 10.1 Å². The Kier molecular flexibility index (Phi) is 4.99. The van der Waals surface area contributed by atoms with Gasteiger partial charge in [-0.05, 0) is 38.1 Å². The Hall–Kier alpha value is -2.87. The zero-order valence-corrected chi connectivity index (χ0v) is 14.1. The van der Waals surface area contributed by atoms with Crippen LogP contribution in [0.2, 0.25) is 0 Å². The fraction of sp³-hybridized carbons (Fsp3) is 0.353. The zero-order chi connectivity index (χ0) is 17.8. The van der Waals surface area contributed by atoms with E-state index in [0.29, 0.717) is 23.8 Å². The number of nitrogens with zero attached hydrogens (tertiary/aromatic N) is 4. The summed E-state index contributed by atoms with van der Waals surface area (Å²) in [6, 6.07) is 8.67. The van der Waals surface area contributed by atoms with E-state index < -0.39 is 6.10 Å². The molecule has 0 bridgehead atoms. The first-order chi connectivity index (χ1) is 12.1. The van der Waals surface area contributed by atoms with Crippen molar-refractivity contribution in [2.75, 3.05) is 13.2 Å². The number of hydrogen-bond donors (Lipinski definition) is 1. The zero-order valence-electron chi connectivity index (χ0n) is 14.1. The summed E-state index contributed by atoms with van der Waals surface area (Å²) >= 11 is 0. The highest BCUT2D eigenvalue weighted by molar-refractivity contribution is 5.31. The van der Waals surface area contributed by atoms with Crippen molar-refractivity contribution >= 4 is 5.78 Å². The van der Waals surface area contributed by atoms with Crippen LogP contribution in [0.3, 0.4) is 0 Å². The minimum atomic E-state index is -0.770. The van der Waals surface area contributed by atoms with Gasteiger partial charge in [-0.25, -0.2) is 0 Å². The van der Waals surface area contributed by atoms with Crippen LogP contribution in [-0.4, -0.2) is 43.6 Å². The van der Waals surface area contributed by atoms with Gasteiger partial charge in [0.15, 0.2) is 0 Å². The molecule has 0 saturated carbocycles. The van der Waals surface area contributed by atoms with Crippen molar-refractivity contribution < 1.29 is 14.6 Å². The van der Waals surface area contributed by atoms with Gasteiger partial charge in [0.25, 0.3) is 5.56 Å². The molecule has 8 nitrogen and oxygen atoms in total. The summed E-state index contributed by atoms with van der Waals surface area (Å²) in [6.07, 6.45) is 0.545. The molecule has 1 N–H and O–H groups in total. The van der Waals surface area contributed by atoms with E-state index in [9.17, 15) is 9.90 Å². The van der Waals surface area contributed by atoms with E-state index in [-0.39, 0.29) is 18.7 Å². The van der Waals surface area contributed by atoms with Gasteiger partial charge in [-0.3, -0.25) is 4.79 Å². The summed E-state index contributed by atoms with van der Waals surface area (Å²) < 4.78 is 13.9. The summed E-state index contributed by atoms with van der Waals surface area (Å²) in [7, 11) is 0. The van der Waals surface area contributed by atoms with Crippen molar-refractivity contribution in [1.29, 1.82) is 0 Å². The third-order valence-corrected chi connectivity index (χ3v) is 3.71. The minimum absolute atomic E-state index is 0.111. The summed E-state index contributed by atoms with van der Waals surface area (Å²) in [6.45, 7) is 4.67. The molecule has 8 heteroatoms. The van der Waals surface area contributed by atoms with Gasteiger partial charge in [0.1, 0.15) is 30.5 Å². The maximum atomic E-state index is 11.8. The normalized spacial score (nSPS) is 12.3. The van der Waals surface area contributed by atoms with Crippen LogP contribution >= 0.6 is 0 Å². The van der Waals surface area contributed by atoms with Gasteiger partial charge in [0, 0.05) is 11.8 Å². The van der Waals surface area contributed by atoms with Gasteiger partial charge in [0.05, 0.1) is 13.2 Å². The number of aliphatic hydroxyl groups is 1. The van der Waals surface area contributed by atoms with Crippen molar-refractivity contribution in [3.05, 3.63) is 52.7 Å². The van der Waals surface area contributed by atoms with Gasteiger partial charge in [0.2, 0.25) is 5.78 Å². The number of aryl methyl sites for hydroxylation is 1. The van der Waals surface area contributed by atoms with Crippen LogP contribution in [0, 0.1) is 6.92 Å². The molecule has 1 aromatic carbocycles. The van der Waals surface area contributed by atoms with Crippen LogP contribution in [0.4, 0.5) is 0 Å². The second kappa shape index (κ2) is 7.35. The highest BCUT2D eigenvalue weighted by atomic mass is 16.5. The second-order valence-electron chi connectivity index (χ2n) is 5.58. The van der Waals surface area contributed by atoms with Crippen LogP contribution in [0.25, 0.3) is 5.78 Å². The number of aromatic nitrogens is 4. The van der Waals surface area contributed by atoms with Crippen LogP contribution in [-0.2, 0) is 6.54 Å². The van der Waals surface area contributed by atoms with Crippen molar-refractivity contribution in [1.82, 2.24) is 19.2 Å². The average Bonchev–Trinajstić information content (AvgIpc) is 3.08. The number of hydrogen-bond acceptors (Lipinski definition) is 6. The van der Waals surface area contributed by atoms with Crippen LogP contribution in [0.1, 0.15) is 12.6 Å². The number of ether oxygens (including phenoxy) is 2. The van der Waals surface area contributed by atoms with Gasteiger partial charge >= 0.3 is 0 Å². The highest BCUT2D eigenvalue weighted by Crippen LogP contribution is 2.17. The number of benzene rings is 1. The molecule has 0 amide bonds. The van der Waals surface area contributed by atoms with Crippen LogP contribution in [0.15, 0.2) is 41.5 Å². The summed E-state index contributed by atoms with van der Waals surface area (Å²) in [5, 5.41) is 14.2. The molecule has 0 radical (unpaired) electrons. The molecule has 0 spiro atoms. The standard InChI is InChI=1S/C17H20N4O4/c1-3-24-14-4-6-15(7-5-14)25-10-13(22)9-20-12(2)8-16(23)21-17(20)18-11-19-21/h4-8,11,13,22H,3,9-10H2,1-2H3/t13-/m1/s1. The number of aliphatic hydroxyl groups excluding tert-OH is 1. The van der Waals surface area contributed by atoms with Gasteiger partial charge < -0.3 is 19.1 Å². The molecule has 1 atom stereocenters. The molecular weight excluding hydrogens is 324 g/mol. The Balaban J connectivity index is 1.66. The average molecular weight is 344 g/mol. The number of rotatable bonds is 7. The lowest BCUT2D eigenvalue weighted by Crippen LogP contribution is -2.28. The Morgan fingerprint density at radius 1 is 1.20 bits per heavy atom. The third kappa shape index (κ3) is 3.80. The predicted octanol–water partition coefficient (Wildman–Crippen LogP) is 1.04. The first kappa shape index (κ1) is 17.0. The topological polar surface area (TPSA) is 90.9 Å². The summed E-state index contributed by atoms with van der Waals surface area (Å²) in [5.41, 5.74) is 0.451. The van der Waals surface area contributed by atoms with E-state index in [0.717, 1.165) is 5.75 Å². The lowest BCUT2D eigenvalue weighted by Gasteiger charge is -2.17. The minimum Gasteiger partial charge on any atom is -0.494 e. The molecular formula is C17H20N4O4. The third-order valence-electron chi connectivity index (χ3n) is 3.71. The lowest BCUT2D eigenvalue weighted by molar-refractivity contribution is 0.0924. The SMILES string of the molecule is CCOc1ccc(OC[C@H](O)Cn2c(C)cc(=O)n3ncnc23)cc1. The summed E-state index contributed by atoms with van der Waals surface area (Å²) in [4.78, 5) is 15.9. The molecule has 3 aromatic rings. The molecule has 132 valence electrons. The smallest absolute Gasteiger partial charge is 0.275 e. The van der Waals surface area contributed by atoms with E-state index in [1.165, 1.54) is 16.9 Å². The molecule has 0 unspecified atom stereocenters. The molecule has 2 heterocycles. The first-order valence-electron chi connectivity index (χ1n) is 8.02. The monoisotopic (exact) mass is 344 g/mol. The highest BCUT2D eigenvalue weighted by Gasteiger charge is 2.13. The van der Waals surface area contributed by atoms with Crippen LogP contribution in [0.5, 0.6) is 11.5 Å². The maximum absolute atomic E-state index is 11.8. The van der Waals surface area contributed by atoms with E-state index in [4.69, 9.17) is 9.47 Å². The Bertz CT molecular complexity index is 901. The molecule has 0 fully saturated rings. The second-order valence-corrected chi connectivity index (χ2v) is 5.58. The van der Waals surface area contributed by atoms with E-state index in [1.54, 1.807) is 23.6 Å². The van der Waals surface area contributed by atoms with E-state index >= 15 is 0 Å². The molecule has 2 aromatic heterocycles. The number of fused-ring (bicyclic) bond motifs is 1. The van der Waals surface area contributed by atoms with E-state index in [1.807, 2.05) is 19.1 Å². The Labute approximate surface area is 144 Å². The molecule has 0 aliphatic rings. The fourth-order valence-electron chi connectivity index (χ4n) is 2.53. The van der Waals surface area contributed by atoms with Gasteiger partial charge in [-0.15, -0.1) is 0 Å². The Morgan fingerprint density at radius 3 is 2.56 bits per heavy atom. The maximum Gasteiger partial charge on any atom is 0.275 e. The molecule has 3 rings (SSSR count). The van der Waals surface area contributed by atoms with Crippen molar-refractivity contribution in [3.8, 4) is 11.5 Å². The van der Waals surface area contributed by atoms with Crippen LogP contribution < -0.4 is 15.0 Å². The largest absolute Gasteiger partial charge is 0.494 e. The molecule has 25 heavy (non-hydrogen) atoms.